The summed E-state index contributed by atoms with van der Waals surface area (Å²) in [6, 6.07) is 6.30. The van der Waals surface area contributed by atoms with Crippen molar-refractivity contribution in [2.24, 2.45) is 5.73 Å². The summed E-state index contributed by atoms with van der Waals surface area (Å²) in [5, 5.41) is 0. The van der Waals surface area contributed by atoms with E-state index in [2.05, 4.69) is 47.7 Å². The fourth-order valence-electron chi connectivity index (χ4n) is 0.888. The Hall–Kier alpha value is 0.200. The molecule has 0 spiro atoms. The second-order valence-corrected chi connectivity index (χ2v) is 3.52. The van der Waals surface area contributed by atoms with E-state index in [1.807, 2.05) is 0 Å². The largest absolute Gasteiger partial charge is 0.326 e. The van der Waals surface area contributed by atoms with Crippen LogP contribution < -0.4 is 5.73 Å². The molecule has 1 aromatic carbocycles. The lowest BCUT2D eigenvalue weighted by Crippen LogP contribution is -1.98. The van der Waals surface area contributed by atoms with Crippen LogP contribution in [0.25, 0.3) is 0 Å². The van der Waals surface area contributed by atoms with Crippen LogP contribution in [0.1, 0.15) is 11.1 Å². The van der Waals surface area contributed by atoms with Crippen molar-refractivity contribution in [3.8, 4) is 0 Å². The van der Waals surface area contributed by atoms with Gasteiger partial charge in [0, 0.05) is 10.1 Å². The molecule has 0 saturated heterocycles. The summed E-state index contributed by atoms with van der Waals surface area (Å²) >= 11 is 2.30. The fourth-order valence-corrected chi connectivity index (χ4v) is 1.54. The number of hydrogen-bond acceptors (Lipinski definition) is 1. The highest BCUT2D eigenvalue weighted by Gasteiger charge is 1.94. The van der Waals surface area contributed by atoms with E-state index in [4.69, 9.17) is 5.73 Å². The molecule has 0 bridgehead atoms. The Morgan fingerprint density at radius 1 is 1.45 bits per heavy atom. The topological polar surface area (TPSA) is 26.0 Å². The summed E-state index contributed by atoms with van der Waals surface area (Å²) in [5.74, 6) is 0. The van der Waals surface area contributed by atoms with Gasteiger partial charge in [-0.3, -0.25) is 0 Å². The second-order valence-electron chi connectivity index (χ2n) is 2.27. The number of halogens is 2. The molecule has 0 aliphatic heterocycles. The van der Waals surface area contributed by atoms with Crippen LogP contribution in [0.5, 0.6) is 0 Å². The smallest absolute Gasteiger partial charge is 0.0180 e. The Bertz CT molecular complexity index is 238. The van der Waals surface area contributed by atoms with Crippen molar-refractivity contribution in [2.45, 2.75) is 13.5 Å². The number of aryl methyl sites for hydroxylation is 1. The minimum absolute atomic E-state index is 0. The van der Waals surface area contributed by atoms with Gasteiger partial charge < -0.3 is 5.73 Å². The molecule has 0 unspecified atom stereocenters. The molecule has 0 aliphatic rings. The maximum Gasteiger partial charge on any atom is 0.0180 e. The van der Waals surface area contributed by atoms with Gasteiger partial charge in [0.05, 0.1) is 0 Å². The first-order chi connectivity index (χ1) is 4.74. The highest BCUT2D eigenvalue weighted by molar-refractivity contribution is 14.1. The molecule has 0 amide bonds. The number of hydrogen-bond donors (Lipinski definition) is 1. The monoisotopic (exact) mass is 283 g/mol. The van der Waals surface area contributed by atoms with Gasteiger partial charge in [0.25, 0.3) is 0 Å². The normalized spacial score (nSPS) is 9.00. The van der Waals surface area contributed by atoms with Gasteiger partial charge in [-0.1, -0.05) is 6.07 Å². The molecule has 0 aromatic heterocycles. The zero-order valence-corrected chi connectivity index (χ0v) is 9.28. The van der Waals surface area contributed by atoms with Gasteiger partial charge in [0.15, 0.2) is 0 Å². The van der Waals surface area contributed by atoms with E-state index in [1.165, 1.54) is 14.7 Å². The predicted octanol–water partition coefficient (Wildman–Crippen LogP) is 2.48. The van der Waals surface area contributed by atoms with Crippen molar-refractivity contribution in [1.82, 2.24) is 0 Å². The molecule has 0 atom stereocenters. The first-order valence-electron chi connectivity index (χ1n) is 3.19. The van der Waals surface area contributed by atoms with Crippen LogP contribution in [-0.4, -0.2) is 0 Å². The van der Waals surface area contributed by atoms with Gasteiger partial charge in [-0.25, -0.2) is 0 Å². The van der Waals surface area contributed by atoms with Crippen molar-refractivity contribution in [3.63, 3.8) is 0 Å². The zero-order valence-electron chi connectivity index (χ0n) is 6.30. The summed E-state index contributed by atoms with van der Waals surface area (Å²) in [4.78, 5) is 0. The molecule has 0 heterocycles. The summed E-state index contributed by atoms with van der Waals surface area (Å²) < 4.78 is 1.27. The second kappa shape index (κ2) is 4.95. The SMILES string of the molecule is Cc1cc(I)ccc1CN.Cl. The number of benzene rings is 1. The predicted molar refractivity (Wildman–Crippen MR) is 59.0 cm³/mol. The van der Waals surface area contributed by atoms with E-state index in [0.29, 0.717) is 6.54 Å². The fraction of sp³-hybridized carbons (Fsp3) is 0.250. The first-order valence-corrected chi connectivity index (χ1v) is 4.27. The molecule has 2 N–H and O–H groups in total. The molecule has 11 heavy (non-hydrogen) atoms. The van der Waals surface area contributed by atoms with Gasteiger partial charge in [-0.2, -0.15) is 0 Å². The average molecular weight is 284 g/mol. The van der Waals surface area contributed by atoms with Crippen molar-refractivity contribution in [1.29, 1.82) is 0 Å². The zero-order chi connectivity index (χ0) is 7.56. The van der Waals surface area contributed by atoms with E-state index in [1.54, 1.807) is 0 Å². The molecule has 0 fully saturated rings. The Kier molecular flexibility index (Phi) is 5.04. The van der Waals surface area contributed by atoms with E-state index < -0.39 is 0 Å². The number of rotatable bonds is 1. The molecule has 1 nitrogen and oxygen atoms in total. The first kappa shape index (κ1) is 11.2. The van der Waals surface area contributed by atoms with Crippen LogP contribution in [0.3, 0.4) is 0 Å². The van der Waals surface area contributed by atoms with Crippen LogP contribution in [0.4, 0.5) is 0 Å². The van der Waals surface area contributed by atoms with Gasteiger partial charge in [-0.05, 0) is 52.8 Å². The van der Waals surface area contributed by atoms with Crippen molar-refractivity contribution < 1.29 is 0 Å². The lowest BCUT2D eigenvalue weighted by molar-refractivity contribution is 1.05. The highest BCUT2D eigenvalue weighted by Crippen LogP contribution is 2.11. The molecule has 1 aromatic rings. The summed E-state index contributed by atoms with van der Waals surface area (Å²) in [6.45, 7) is 2.73. The van der Waals surface area contributed by atoms with Gasteiger partial charge in [-0.15, -0.1) is 12.4 Å². The van der Waals surface area contributed by atoms with E-state index in [-0.39, 0.29) is 12.4 Å². The summed E-state index contributed by atoms with van der Waals surface area (Å²) in [6.07, 6.45) is 0. The van der Waals surface area contributed by atoms with Crippen LogP contribution in [0, 0.1) is 10.5 Å². The van der Waals surface area contributed by atoms with Crippen molar-refractivity contribution in [2.75, 3.05) is 0 Å². The number of nitrogens with two attached hydrogens (primary N) is 1. The Balaban J connectivity index is 0.000001000. The minimum atomic E-state index is 0. The highest BCUT2D eigenvalue weighted by atomic mass is 127. The Labute approximate surface area is 86.9 Å². The van der Waals surface area contributed by atoms with Crippen LogP contribution in [-0.2, 0) is 6.54 Å². The maximum atomic E-state index is 5.50. The van der Waals surface area contributed by atoms with Crippen molar-refractivity contribution in [3.05, 3.63) is 32.9 Å². The lowest BCUT2D eigenvalue weighted by Gasteiger charge is -2.01. The summed E-state index contributed by atoms with van der Waals surface area (Å²) in [7, 11) is 0. The molecule has 3 heteroatoms. The van der Waals surface area contributed by atoms with Gasteiger partial charge in [0.2, 0.25) is 0 Å². The van der Waals surface area contributed by atoms with Gasteiger partial charge in [0.1, 0.15) is 0 Å². The van der Waals surface area contributed by atoms with Crippen LogP contribution >= 0.6 is 35.0 Å². The average Bonchev–Trinajstić information content (AvgIpc) is 1.88. The van der Waals surface area contributed by atoms with Crippen molar-refractivity contribution >= 4 is 35.0 Å². The van der Waals surface area contributed by atoms with Crippen LogP contribution in [0.2, 0.25) is 0 Å². The molecule has 0 saturated carbocycles. The van der Waals surface area contributed by atoms with E-state index in [9.17, 15) is 0 Å². The maximum absolute atomic E-state index is 5.50. The molecule has 1 rings (SSSR count). The van der Waals surface area contributed by atoms with E-state index in [0.717, 1.165) is 0 Å². The lowest BCUT2D eigenvalue weighted by atomic mass is 10.1. The Morgan fingerprint density at radius 3 is 2.55 bits per heavy atom. The summed E-state index contributed by atoms with van der Waals surface area (Å²) in [5.41, 5.74) is 8.02. The quantitative estimate of drug-likeness (QED) is 0.787. The Morgan fingerprint density at radius 2 is 2.09 bits per heavy atom. The molecular formula is C8H11ClIN. The third-order valence-electron chi connectivity index (χ3n) is 1.52. The third-order valence-corrected chi connectivity index (χ3v) is 2.20. The third kappa shape index (κ3) is 2.97. The molecular weight excluding hydrogens is 272 g/mol. The van der Waals surface area contributed by atoms with Crippen LogP contribution in [0.15, 0.2) is 18.2 Å². The van der Waals surface area contributed by atoms with E-state index >= 15 is 0 Å². The molecule has 62 valence electrons. The standard InChI is InChI=1S/C8H10IN.ClH/c1-6-4-8(9)3-2-7(6)5-10;/h2-4H,5,10H2,1H3;1H. The minimum Gasteiger partial charge on any atom is -0.326 e. The molecule has 0 radical (unpaired) electrons. The van der Waals surface area contributed by atoms with Gasteiger partial charge >= 0.3 is 0 Å². The molecule has 0 aliphatic carbocycles.